The molecule has 0 spiro atoms. The molecule has 0 aliphatic heterocycles. The maximum atomic E-state index is 14.0. The Kier molecular flexibility index (Phi) is 5.59. The molecule has 116 valence electrons. The number of rotatable bonds is 5. The monoisotopic (exact) mass is 292 g/mol. The van der Waals surface area contributed by atoms with E-state index in [1.807, 2.05) is 14.0 Å². The fourth-order valence-electron chi connectivity index (χ4n) is 2.96. The minimum atomic E-state index is -0.355. The quantitative estimate of drug-likeness (QED) is 0.888. The maximum Gasteiger partial charge on any atom is 0.256 e. The molecule has 0 radical (unpaired) electrons. The average molecular weight is 292 g/mol. The molecule has 1 N–H and O–H groups in total. The third-order valence-electron chi connectivity index (χ3n) is 4.24. The van der Waals surface area contributed by atoms with Crippen LogP contribution >= 0.6 is 0 Å². The molecule has 1 aliphatic carbocycles. The third kappa shape index (κ3) is 3.74. The van der Waals surface area contributed by atoms with Gasteiger partial charge in [-0.1, -0.05) is 32.3 Å². The molecule has 1 aromatic rings. The summed E-state index contributed by atoms with van der Waals surface area (Å²) in [6, 6.07) is 5.00. The van der Waals surface area contributed by atoms with Gasteiger partial charge in [0.05, 0.1) is 11.3 Å². The molecule has 21 heavy (non-hydrogen) atoms. The van der Waals surface area contributed by atoms with E-state index >= 15 is 0 Å². The Morgan fingerprint density at radius 2 is 2.05 bits per heavy atom. The van der Waals surface area contributed by atoms with Crippen molar-refractivity contribution in [3.63, 3.8) is 0 Å². The lowest BCUT2D eigenvalue weighted by molar-refractivity contribution is 0.0697. The summed E-state index contributed by atoms with van der Waals surface area (Å²) in [5.41, 5.74) is 0.781. The normalized spacial score (nSPS) is 15.8. The van der Waals surface area contributed by atoms with Crippen LogP contribution in [-0.2, 0) is 0 Å². The van der Waals surface area contributed by atoms with Gasteiger partial charge < -0.3 is 10.2 Å². The second kappa shape index (κ2) is 7.43. The lowest BCUT2D eigenvalue weighted by Gasteiger charge is -2.31. The van der Waals surface area contributed by atoms with Gasteiger partial charge in [-0.05, 0) is 31.4 Å². The fraction of sp³-hybridized carbons (Fsp3) is 0.588. The Morgan fingerprint density at radius 1 is 1.33 bits per heavy atom. The molecule has 0 atom stereocenters. The molecule has 4 heteroatoms. The van der Waals surface area contributed by atoms with Crippen LogP contribution in [0.3, 0.4) is 0 Å². The van der Waals surface area contributed by atoms with E-state index in [1.54, 1.807) is 17.0 Å². The van der Waals surface area contributed by atoms with Crippen LogP contribution in [0.2, 0.25) is 0 Å². The van der Waals surface area contributed by atoms with Gasteiger partial charge in [-0.2, -0.15) is 0 Å². The van der Waals surface area contributed by atoms with Crippen molar-refractivity contribution in [3.8, 4) is 0 Å². The second-order valence-electron chi connectivity index (χ2n) is 5.80. The van der Waals surface area contributed by atoms with E-state index in [-0.39, 0.29) is 17.8 Å². The van der Waals surface area contributed by atoms with Crippen molar-refractivity contribution < 1.29 is 9.18 Å². The zero-order valence-electron chi connectivity index (χ0n) is 13.0. The highest BCUT2D eigenvalue weighted by Gasteiger charge is 2.25. The minimum Gasteiger partial charge on any atom is -0.382 e. The first kappa shape index (κ1) is 15.8. The first-order valence-corrected chi connectivity index (χ1v) is 7.94. The largest absolute Gasteiger partial charge is 0.382 e. The number of hydrogen-bond acceptors (Lipinski definition) is 2. The third-order valence-corrected chi connectivity index (χ3v) is 4.24. The van der Waals surface area contributed by atoms with E-state index in [0.29, 0.717) is 17.8 Å². The summed E-state index contributed by atoms with van der Waals surface area (Å²) in [7, 11) is 1.84. The lowest BCUT2D eigenvalue weighted by Crippen LogP contribution is -2.38. The molecular weight excluding hydrogens is 267 g/mol. The van der Waals surface area contributed by atoms with Gasteiger partial charge in [0.15, 0.2) is 0 Å². The van der Waals surface area contributed by atoms with E-state index in [4.69, 9.17) is 0 Å². The van der Waals surface area contributed by atoms with Gasteiger partial charge in [0.1, 0.15) is 5.82 Å². The zero-order chi connectivity index (χ0) is 15.2. The van der Waals surface area contributed by atoms with Gasteiger partial charge in [-0.15, -0.1) is 0 Å². The second-order valence-corrected chi connectivity index (χ2v) is 5.80. The zero-order valence-corrected chi connectivity index (χ0v) is 13.0. The van der Waals surface area contributed by atoms with Crippen molar-refractivity contribution >= 4 is 11.6 Å². The number of hydrogen-bond donors (Lipinski definition) is 1. The topological polar surface area (TPSA) is 32.3 Å². The molecule has 1 amide bonds. The van der Waals surface area contributed by atoms with E-state index in [9.17, 15) is 9.18 Å². The summed E-state index contributed by atoms with van der Waals surface area (Å²) >= 11 is 0. The standard InChI is InChI=1S/C17H25FN2O/c1-3-12-19-16-14(10-7-11-15(16)18)17(21)20(2)13-8-5-4-6-9-13/h7,10-11,13,19H,3-6,8-9,12H2,1-2H3. The molecule has 0 bridgehead atoms. The van der Waals surface area contributed by atoms with Crippen LogP contribution in [0.5, 0.6) is 0 Å². The Balaban J connectivity index is 2.19. The van der Waals surface area contributed by atoms with Crippen molar-refractivity contribution in [2.45, 2.75) is 51.5 Å². The van der Waals surface area contributed by atoms with Gasteiger partial charge in [0.2, 0.25) is 0 Å². The summed E-state index contributed by atoms with van der Waals surface area (Å²) in [6.45, 7) is 2.68. The van der Waals surface area contributed by atoms with E-state index in [1.165, 1.54) is 25.3 Å². The van der Waals surface area contributed by atoms with Gasteiger partial charge in [-0.3, -0.25) is 4.79 Å². The Morgan fingerprint density at radius 3 is 2.71 bits per heavy atom. The van der Waals surface area contributed by atoms with Crippen LogP contribution in [0.15, 0.2) is 18.2 Å². The molecule has 1 fully saturated rings. The van der Waals surface area contributed by atoms with Crippen molar-refractivity contribution in [3.05, 3.63) is 29.6 Å². The van der Waals surface area contributed by atoms with Crippen molar-refractivity contribution in [1.29, 1.82) is 0 Å². The summed E-state index contributed by atoms with van der Waals surface area (Å²) < 4.78 is 14.0. The maximum absolute atomic E-state index is 14.0. The van der Waals surface area contributed by atoms with Crippen molar-refractivity contribution in [1.82, 2.24) is 4.90 Å². The van der Waals surface area contributed by atoms with Gasteiger partial charge >= 0.3 is 0 Å². The predicted octanol–water partition coefficient (Wildman–Crippen LogP) is 4.05. The molecule has 1 saturated carbocycles. The fourth-order valence-corrected chi connectivity index (χ4v) is 2.96. The molecule has 0 heterocycles. The van der Waals surface area contributed by atoms with Gasteiger partial charge in [0.25, 0.3) is 5.91 Å². The van der Waals surface area contributed by atoms with Crippen LogP contribution in [-0.4, -0.2) is 30.4 Å². The molecule has 1 aromatic carbocycles. The smallest absolute Gasteiger partial charge is 0.256 e. The Labute approximate surface area is 126 Å². The number of halogens is 1. The average Bonchev–Trinajstić information content (AvgIpc) is 2.53. The number of para-hydroxylation sites is 1. The molecule has 2 rings (SSSR count). The highest BCUT2D eigenvalue weighted by molar-refractivity contribution is 5.99. The molecule has 1 aliphatic rings. The van der Waals surface area contributed by atoms with E-state index in [2.05, 4.69) is 5.32 Å². The number of anilines is 1. The first-order chi connectivity index (χ1) is 10.1. The van der Waals surface area contributed by atoms with Crippen LogP contribution < -0.4 is 5.32 Å². The number of amides is 1. The summed E-state index contributed by atoms with van der Waals surface area (Å²) in [5.74, 6) is -0.439. The highest BCUT2D eigenvalue weighted by atomic mass is 19.1. The first-order valence-electron chi connectivity index (χ1n) is 7.94. The Bertz CT molecular complexity index is 484. The summed E-state index contributed by atoms with van der Waals surface area (Å²) in [5, 5.41) is 3.05. The van der Waals surface area contributed by atoms with Gasteiger partial charge in [-0.25, -0.2) is 4.39 Å². The molecule has 0 aromatic heterocycles. The molecular formula is C17H25FN2O. The molecule has 3 nitrogen and oxygen atoms in total. The number of carbonyl (C=O) groups is 1. The number of benzene rings is 1. The van der Waals surface area contributed by atoms with E-state index in [0.717, 1.165) is 19.3 Å². The van der Waals surface area contributed by atoms with Crippen LogP contribution in [0.4, 0.5) is 10.1 Å². The van der Waals surface area contributed by atoms with E-state index < -0.39 is 0 Å². The number of carbonyl (C=O) groups excluding carboxylic acids is 1. The highest BCUT2D eigenvalue weighted by Crippen LogP contribution is 2.26. The lowest BCUT2D eigenvalue weighted by atomic mass is 9.94. The summed E-state index contributed by atoms with van der Waals surface area (Å²) in [6.07, 6.45) is 6.59. The van der Waals surface area contributed by atoms with Crippen molar-refractivity contribution in [2.75, 3.05) is 18.9 Å². The SMILES string of the molecule is CCCNc1c(F)cccc1C(=O)N(C)C1CCCCC1. The number of nitrogens with one attached hydrogen (secondary N) is 1. The molecule has 0 unspecified atom stereocenters. The van der Waals surface area contributed by atoms with Crippen LogP contribution in [0.1, 0.15) is 55.8 Å². The number of nitrogens with zero attached hydrogens (tertiary/aromatic N) is 1. The predicted molar refractivity (Wildman–Crippen MR) is 84.1 cm³/mol. The van der Waals surface area contributed by atoms with Crippen LogP contribution in [0, 0.1) is 5.82 Å². The Hall–Kier alpha value is -1.58. The van der Waals surface area contributed by atoms with Gasteiger partial charge in [0, 0.05) is 19.6 Å². The van der Waals surface area contributed by atoms with Crippen LogP contribution in [0.25, 0.3) is 0 Å². The molecule has 0 saturated heterocycles. The minimum absolute atomic E-state index is 0.0833. The van der Waals surface area contributed by atoms with Crippen molar-refractivity contribution in [2.24, 2.45) is 0 Å². The summed E-state index contributed by atoms with van der Waals surface area (Å²) in [4.78, 5) is 14.5.